The Morgan fingerprint density at radius 3 is 2.76 bits per heavy atom. The maximum atomic E-state index is 14.4. The van der Waals surface area contributed by atoms with Gasteiger partial charge < -0.3 is 25.4 Å². The van der Waals surface area contributed by atoms with Crippen LogP contribution in [0.5, 0.6) is 0 Å². The zero-order valence-electron chi connectivity index (χ0n) is 20.4. The molecular weight excluding hydrogens is 478 g/mol. The van der Waals surface area contributed by atoms with Crippen LogP contribution in [0.25, 0.3) is 22.3 Å². The van der Waals surface area contributed by atoms with Crippen LogP contribution in [0.1, 0.15) is 22.3 Å². The second kappa shape index (κ2) is 8.77. The highest BCUT2D eigenvalue weighted by atomic mass is 19.3. The lowest BCUT2D eigenvalue weighted by Gasteiger charge is -2.39. The summed E-state index contributed by atoms with van der Waals surface area (Å²) in [6, 6.07) is 6.55. The summed E-state index contributed by atoms with van der Waals surface area (Å²) in [4.78, 5) is 28.0. The summed E-state index contributed by atoms with van der Waals surface area (Å²) in [7, 11) is 3.50. The molecule has 9 nitrogen and oxygen atoms in total. The maximum Gasteiger partial charge on any atom is 0.280 e. The predicted octanol–water partition coefficient (Wildman–Crippen LogP) is 3.45. The summed E-state index contributed by atoms with van der Waals surface area (Å²) in [5.41, 5.74) is 4.96. The number of amides is 1. The van der Waals surface area contributed by atoms with Gasteiger partial charge in [0.1, 0.15) is 11.5 Å². The number of nitrogens with zero attached hydrogens (tertiary/aromatic N) is 5. The van der Waals surface area contributed by atoms with E-state index in [-0.39, 0.29) is 12.5 Å². The van der Waals surface area contributed by atoms with E-state index in [2.05, 4.69) is 25.9 Å². The molecule has 1 fully saturated rings. The Labute approximate surface area is 211 Å². The molecule has 0 aliphatic carbocycles. The van der Waals surface area contributed by atoms with E-state index in [1.54, 1.807) is 42.7 Å². The van der Waals surface area contributed by atoms with Gasteiger partial charge in [0.2, 0.25) is 0 Å². The van der Waals surface area contributed by atoms with Crippen molar-refractivity contribution in [2.24, 2.45) is 7.05 Å². The first kappa shape index (κ1) is 23.3. The molecule has 0 aromatic carbocycles. The molecule has 1 saturated heterocycles. The van der Waals surface area contributed by atoms with E-state index in [1.165, 1.54) is 0 Å². The lowest BCUT2D eigenvalue weighted by atomic mass is 10.0. The molecule has 6 rings (SSSR count). The monoisotopic (exact) mass is 504 g/mol. The molecule has 190 valence electrons. The van der Waals surface area contributed by atoms with Gasteiger partial charge in [-0.2, -0.15) is 0 Å². The molecule has 1 unspecified atom stereocenters. The number of alkyl halides is 2. The van der Waals surface area contributed by atoms with Crippen molar-refractivity contribution in [3.8, 4) is 11.3 Å². The molecule has 2 aliphatic heterocycles. The molecule has 3 N–H and O–H groups in total. The minimum absolute atomic E-state index is 0.189. The number of anilines is 3. The van der Waals surface area contributed by atoms with E-state index in [1.807, 2.05) is 29.9 Å². The number of rotatable bonds is 5. The van der Waals surface area contributed by atoms with Gasteiger partial charge in [-0.25, -0.2) is 18.7 Å². The highest BCUT2D eigenvalue weighted by molar-refractivity contribution is 6.06. The number of carbonyl (C=O) groups excluding carboxylic acids is 1. The molecule has 1 amide bonds. The van der Waals surface area contributed by atoms with Gasteiger partial charge >= 0.3 is 0 Å². The summed E-state index contributed by atoms with van der Waals surface area (Å²) >= 11 is 0. The Hall–Kier alpha value is -4.12. The van der Waals surface area contributed by atoms with Gasteiger partial charge in [-0.05, 0) is 37.7 Å². The molecule has 1 atom stereocenters. The van der Waals surface area contributed by atoms with E-state index in [0.717, 1.165) is 27.9 Å². The summed E-state index contributed by atoms with van der Waals surface area (Å²) in [6.45, 7) is 0.514. The van der Waals surface area contributed by atoms with Crippen LogP contribution < -0.4 is 20.9 Å². The summed E-state index contributed by atoms with van der Waals surface area (Å²) in [5, 5.41) is 9.75. The van der Waals surface area contributed by atoms with Crippen molar-refractivity contribution in [1.29, 1.82) is 0 Å². The molecular formula is C26H26F2N8O. The number of hydrogen-bond donors (Lipinski definition) is 3. The van der Waals surface area contributed by atoms with Crippen molar-refractivity contribution in [3.63, 3.8) is 0 Å². The second-order valence-corrected chi connectivity index (χ2v) is 9.42. The Kier molecular flexibility index (Phi) is 5.52. The standard InChI is InChI=1S/C26H26F2N8O/c1-29-20-7-10-36(14-26(20,27)28)15-3-4-21(31-11-15)34-19-13-32-23(18-12-33-25(37)22(18)19)16-5-8-30-24-17(16)6-9-35(24)2/h3-6,8-9,11,13,20,29H,7,10,12,14H2,1-2H3,(H,31,34)(H,33,37). The molecule has 11 heteroatoms. The fourth-order valence-corrected chi connectivity index (χ4v) is 5.24. The van der Waals surface area contributed by atoms with Crippen LogP contribution >= 0.6 is 0 Å². The van der Waals surface area contributed by atoms with Gasteiger partial charge in [0.05, 0.1) is 47.6 Å². The zero-order valence-corrected chi connectivity index (χ0v) is 20.4. The van der Waals surface area contributed by atoms with E-state index in [4.69, 9.17) is 4.98 Å². The number of pyridine rings is 3. The average Bonchev–Trinajstić information content (AvgIpc) is 3.47. The highest BCUT2D eigenvalue weighted by Crippen LogP contribution is 2.36. The van der Waals surface area contributed by atoms with E-state index in [9.17, 15) is 13.6 Å². The summed E-state index contributed by atoms with van der Waals surface area (Å²) in [6.07, 6.45) is 7.23. The first-order chi connectivity index (χ1) is 17.9. The number of carbonyl (C=O) groups is 1. The van der Waals surface area contributed by atoms with E-state index in [0.29, 0.717) is 42.3 Å². The first-order valence-corrected chi connectivity index (χ1v) is 12.1. The third kappa shape index (κ3) is 3.95. The van der Waals surface area contributed by atoms with Crippen LogP contribution in [0.2, 0.25) is 0 Å². The van der Waals surface area contributed by atoms with Crippen molar-refractivity contribution >= 4 is 34.1 Å². The van der Waals surface area contributed by atoms with Crippen LogP contribution in [-0.2, 0) is 13.6 Å². The molecule has 0 radical (unpaired) electrons. The molecule has 2 aliphatic rings. The van der Waals surface area contributed by atoms with Crippen LogP contribution in [0, 0.1) is 0 Å². The average molecular weight is 505 g/mol. The summed E-state index contributed by atoms with van der Waals surface area (Å²) in [5.74, 6) is -2.53. The normalized spacial score (nSPS) is 18.6. The number of fused-ring (bicyclic) bond motifs is 2. The lowest BCUT2D eigenvalue weighted by molar-refractivity contribution is -0.0402. The van der Waals surface area contributed by atoms with Gasteiger partial charge in [0.15, 0.2) is 0 Å². The third-order valence-electron chi connectivity index (χ3n) is 7.18. The molecule has 37 heavy (non-hydrogen) atoms. The minimum Gasteiger partial charge on any atom is -0.364 e. The van der Waals surface area contributed by atoms with E-state index < -0.39 is 12.0 Å². The molecule has 0 bridgehead atoms. The number of piperidine rings is 1. The Balaban J connectivity index is 1.28. The Bertz CT molecular complexity index is 1500. The van der Waals surface area contributed by atoms with Gasteiger partial charge in [0.25, 0.3) is 11.8 Å². The number of aryl methyl sites for hydroxylation is 1. The number of hydrogen-bond acceptors (Lipinski definition) is 7. The molecule has 0 spiro atoms. The van der Waals surface area contributed by atoms with Crippen molar-refractivity contribution in [3.05, 3.63) is 60.2 Å². The van der Waals surface area contributed by atoms with Crippen LogP contribution in [0.3, 0.4) is 0 Å². The first-order valence-electron chi connectivity index (χ1n) is 12.1. The van der Waals surface area contributed by atoms with Gasteiger partial charge in [-0.15, -0.1) is 0 Å². The number of nitrogens with one attached hydrogen (secondary N) is 3. The maximum absolute atomic E-state index is 14.4. The SMILES string of the molecule is CNC1CCN(c2ccc(Nc3cnc(-c4ccnc5c4ccn5C)c4c3C(=O)NC4)nc2)CC1(F)F. The van der Waals surface area contributed by atoms with Crippen molar-refractivity contribution in [1.82, 2.24) is 30.2 Å². The Morgan fingerprint density at radius 2 is 2.00 bits per heavy atom. The number of aromatic nitrogens is 4. The molecule has 4 aromatic rings. The van der Waals surface area contributed by atoms with Crippen LogP contribution in [-0.4, -0.2) is 57.5 Å². The van der Waals surface area contributed by atoms with E-state index >= 15 is 0 Å². The second-order valence-electron chi connectivity index (χ2n) is 9.42. The smallest absolute Gasteiger partial charge is 0.280 e. The van der Waals surface area contributed by atoms with Crippen LogP contribution in [0.4, 0.5) is 26.0 Å². The Morgan fingerprint density at radius 1 is 1.14 bits per heavy atom. The van der Waals surface area contributed by atoms with Crippen molar-refractivity contribution in [2.45, 2.75) is 24.9 Å². The fourth-order valence-electron chi connectivity index (χ4n) is 5.24. The van der Waals surface area contributed by atoms with Gasteiger partial charge in [-0.3, -0.25) is 9.78 Å². The number of halogens is 2. The molecule has 4 aromatic heterocycles. The quantitative estimate of drug-likeness (QED) is 0.383. The fraction of sp³-hybridized carbons (Fsp3) is 0.308. The minimum atomic E-state index is -2.83. The summed E-state index contributed by atoms with van der Waals surface area (Å²) < 4.78 is 30.7. The zero-order chi connectivity index (χ0) is 25.7. The van der Waals surface area contributed by atoms with Crippen molar-refractivity contribution < 1.29 is 13.6 Å². The van der Waals surface area contributed by atoms with Crippen LogP contribution in [0.15, 0.2) is 49.1 Å². The topological polar surface area (TPSA) is 100 Å². The van der Waals surface area contributed by atoms with Gasteiger partial charge in [-0.1, -0.05) is 0 Å². The third-order valence-corrected chi connectivity index (χ3v) is 7.18. The largest absolute Gasteiger partial charge is 0.364 e. The highest BCUT2D eigenvalue weighted by Gasteiger charge is 2.43. The van der Waals surface area contributed by atoms with Gasteiger partial charge in [0, 0.05) is 49.0 Å². The van der Waals surface area contributed by atoms with Crippen molar-refractivity contribution in [2.75, 3.05) is 30.4 Å². The lowest BCUT2D eigenvalue weighted by Crippen LogP contribution is -2.56. The predicted molar refractivity (Wildman–Crippen MR) is 137 cm³/mol. The molecule has 0 saturated carbocycles. The molecule has 6 heterocycles.